The molecular formula is C10H13O4P. The third-order valence-electron chi connectivity index (χ3n) is 1.98. The molecule has 0 fully saturated rings. The molecule has 1 rings (SSSR count). The van der Waals surface area contributed by atoms with Crippen molar-refractivity contribution in [3.05, 3.63) is 35.9 Å². The zero-order chi connectivity index (χ0) is 11.3. The third-order valence-corrected chi connectivity index (χ3v) is 3.66. The highest BCUT2D eigenvalue weighted by atomic mass is 31.2. The van der Waals surface area contributed by atoms with Gasteiger partial charge in [0, 0.05) is 6.16 Å². The summed E-state index contributed by atoms with van der Waals surface area (Å²) in [5.41, 5.74) is 0.942. The number of benzene rings is 1. The van der Waals surface area contributed by atoms with Crippen molar-refractivity contribution in [2.75, 3.05) is 12.3 Å². The number of rotatable bonds is 5. The van der Waals surface area contributed by atoms with Crippen molar-refractivity contribution in [1.29, 1.82) is 0 Å². The Labute approximate surface area is 88.0 Å². The van der Waals surface area contributed by atoms with Gasteiger partial charge < -0.3 is 10.00 Å². The van der Waals surface area contributed by atoms with Crippen molar-refractivity contribution < 1.29 is 19.4 Å². The van der Waals surface area contributed by atoms with Crippen LogP contribution in [0.15, 0.2) is 30.3 Å². The maximum atomic E-state index is 11.4. The van der Waals surface area contributed by atoms with Crippen molar-refractivity contribution in [3.63, 3.8) is 0 Å². The second-order valence-corrected chi connectivity index (χ2v) is 5.81. The van der Waals surface area contributed by atoms with Crippen molar-refractivity contribution >= 4 is 13.3 Å². The molecule has 0 heterocycles. The summed E-state index contributed by atoms with van der Waals surface area (Å²) in [7, 11) is -3.51. The van der Waals surface area contributed by atoms with Crippen LogP contribution in [-0.4, -0.2) is 28.3 Å². The Bertz CT molecular complexity index is 374. The maximum absolute atomic E-state index is 11.4. The van der Waals surface area contributed by atoms with Gasteiger partial charge in [-0.05, 0) is 12.0 Å². The molecule has 0 aliphatic carbocycles. The Kier molecular flexibility index (Phi) is 4.06. The van der Waals surface area contributed by atoms with E-state index in [4.69, 9.17) is 5.11 Å². The van der Waals surface area contributed by atoms with Gasteiger partial charge >= 0.3 is 5.97 Å². The average molecular weight is 228 g/mol. The van der Waals surface area contributed by atoms with Gasteiger partial charge in [-0.15, -0.1) is 0 Å². The van der Waals surface area contributed by atoms with E-state index < -0.39 is 19.5 Å². The van der Waals surface area contributed by atoms with E-state index in [2.05, 4.69) is 0 Å². The number of hydrogen-bond acceptors (Lipinski definition) is 2. The van der Waals surface area contributed by atoms with Crippen LogP contribution in [0.4, 0.5) is 0 Å². The zero-order valence-electron chi connectivity index (χ0n) is 8.17. The molecule has 0 radical (unpaired) electrons. The van der Waals surface area contributed by atoms with Gasteiger partial charge in [-0.3, -0.25) is 9.36 Å². The van der Waals surface area contributed by atoms with E-state index in [1.807, 2.05) is 30.3 Å². The SMILES string of the molecule is O=C(O)CP(=O)(O)CCc1ccccc1. The second-order valence-electron chi connectivity index (χ2n) is 3.36. The Morgan fingerprint density at radius 2 is 1.87 bits per heavy atom. The van der Waals surface area contributed by atoms with E-state index in [-0.39, 0.29) is 6.16 Å². The summed E-state index contributed by atoms with van der Waals surface area (Å²) in [6, 6.07) is 9.24. The van der Waals surface area contributed by atoms with Gasteiger partial charge in [0.1, 0.15) is 6.16 Å². The van der Waals surface area contributed by atoms with E-state index in [0.717, 1.165) is 5.56 Å². The Morgan fingerprint density at radius 3 is 2.40 bits per heavy atom. The van der Waals surface area contributed by atoms with Gasteiger partial charge in [-0.2, -0.15) is 0 Å². The number of carboxylic acids is 1. The minimum absolute atomic E-state index is 0.0172. The minimum atomic E-state index is -3.51. The summed E-state index contributed by atoms with van der Waals surface area (Å²) in [5.74, 6) is -1.23. The first-order valence-corrected chi connectivity index (χ1v) is 6.59. The monoisotopic (exact) mass is 228 g/mol. The molecule has 0 amide bonds. The topological polar surface area (TPSA) is 74.6 Å². The number of carboxylic acid groups (broad SMARTS) is 1. The lowest BCUT2D eigenvalue weighted by Crippen LogP contribution is -2.07. The highest BCUT2D eigenvalue weighted by molar-refractivity contribution is 7.58. The van der Waals surface area contributed by atoms with Crippen LogP contribution in [0.3, 0.4) is 0 Å². The maximum Gasteiger partial charge on any atom is 0.313 e. The van der Waals surface area contributed by atoms with Crippen molar-refractivity contribution in [2.45, 2.75) is 6.42 Å². The molecule has 0 spiro atoms. The number of aliphatic carboxylic acids is 1. The molecule has 2 N–H and O–H groups in total. The predicted octanol–water partition coefficient (Wildman–Crippen LogP) is 1.58. The summed E-state index contributed by atoms with van der Waals surface area (Å²) in [6.45, 7) is 0. The first-order valence-electron chi connectivity index (χ1n) is 4.56. The summed E-state index contributed by atoms with van der Waals surface area (Å²) >= 11 is 0. The molecule has 15 heavy (non-hydrogen) atoms. The fraction of sp³-hybridized carbons (Fsp3) is 0.300. The average Bonchev–Trinajstić information content (AvgIpc) is 2.15. The molecule has 1 atom stereocenters. The van der Waals surface area contributed by atoms with Crippen LogP contribution in [0.25, 0.3) is 0 Å². The fourth-order valence-corrected chi connectivity index (χ4v) is 2.43. The van der Waals surface area contributed by atoms with Crippen LogP contribution in [0.2, 0.25) is 0 Å². The molecule has 1 unspecified atom stereocenters. The molecule has 0 saturated heterocycles. The van der Waals surface area contributed by atoms with E-state index in [1.165, 1.54) is 0 Å². The standard InChI is InChI=1S/C10H13O4P/c11-10(12)8-15(13,14)7-6-9-4-2-1-3-5-9/h1-5H,6-8H2,(H,11,12)(H,13,14). The summed E-state index contributed by atoms with van der Waals surface area (Å²) < 4.78 is 11.4. The molecular weight excluding hydrogens is 215 g/mol. The van der Waals surface area contributed by atoms with Crippen LogP contribution >= 0.6 is 7.37 Å². The summed E-state index contributed by atoms with van der Waals surface area (Å²) in [6.07, 6.45) is -0.203. The van der Waals surface area contributed by atoms with Crippen molar-refractivity contribution in [2.24, 2.45) is 0 Å². The van der Waals surface area contributed by atoms with Crippen LogP contribution < -0.4 is 0 Å². The van der Waals surface area contributed by atoms with E-state index >= 15 is 0 Å². The second kappa shape index (κ2) is 5.10. The van der Waals surface area contributed by atoms with Crippen molar-refractivity contribution in [1.82, 2.24) is 0 Å². The third kappa shape index (κ3) is 4.77. The van der Waals surface area contributed by atoms with E-state index in [0.29, 0.717) is 6.42 Å². The minimum Gasteiger partial charge on any atom is -0.481 e. The number of aryl methyl sites for hydroxylation is 1. The molecule has 0 aliphatic heterocycles. The van der Waals surface area contributed by atoms with Gasteiger partial charge in [0.15, 0.2) is 0 Å². The quantitative estimate of drug-likeness (QED) is 0.750. The molecule has 82 valence electrons. The Morgan fingerprint density at radius 1 is 1.27 bits per heavy atom. The number of carbonyl (C=O) groups is 1. The summed E-state index contributed by atoms with van der Waals surface area (Å²) in [4.78, 5) is 19.6. The molecule has 1 aromatic rings. The molecule has 4 nitrogen and oxygen atoms in total. The van der Waals surface area contributed by atoms with Gasteiger partial charge in [-0.25, -0.2) is 0 Å². The molecule has 0 bridgehead atoms. The smallest absolute Gasteiger partial charge is 0.313 e. The van der Waals surface area contributed by atoms with Crippen LogP contribution in [0, 0.1) is 0 Å². The first-order chi connectivity index (χ1) is 6.99. The summed E-state index contributed by atoms with van der Waals surface area (Å²) in [5, 5.41) is 8.41. The van der Waals surface area contributed by atoms with E-state index in [9.17, 15) is 14.3 Å². The molecule has 0 aromatic heterocycles. The normalized spacial score (nSPS) is 14.5. The lowest BCUT2D eigenvalue weighted by molar-refractivity contribution is -0.134. The van der Waals surface area contributed by atoms with Crippen molar-refractivity contribution in [3.8, 4) is 0 Å². The lowest BCUT2D eigenvalue weighted by Gasteiger charge is -2.08. The first kappa shape index (κ1) is 12.0. The largest absolute Gasteiger partial charge is 0.481 e. The highest BCUT2D eigenvalue weighted by Gasteiger charge is 2.21. The lowest BCUT2D eigenvalue weighted by atomic mass is 10.2. The van der Waals surface area contributed by atoms with Gasteiger partial charge in [0.2, 0.25) is 7.37 Å². The predicted molar refractivity (Wildman–Crippen MR) is 57.3 cm³/mol. The van der Waals surface area contributed by atoms with Gasteiger partial charge in [0.25, 0.3) is 0 Å². The Hall–Kier alpha value is -1.12. The van der Waals surface area contributed by atoms with Gasteiger partial charge in [-0.1, -0.05) is 30.3 Å². The Balaban J connectivity index is 2.50. The van der Waals surface area contributed by atoms with Crippen LogP contribution in [0.5, 0.6) is 0 Å². The fourth-order valence-electron chi connectivity index (χ4n) is 1.24. The molecule has 0 aliphatic rings. The molecule has 5 heteroatoms. The highest BCUT2D eigenvalue weighted by Crippen LogP contribution is 2.40. The number of hydrogen-bond donors (Lipinski definition) is 2. The van der Waals surface area contributed by atoms with Gasteiger partial charge in [0.05, 0.1) is 0 Å². The van der Waals surface area contributed by atoms with E-state index in [1.54, 1.807) is 0 Å². The zero-order valence-corrected chi connectivity index (χ0v) is 9.06. The van der Waals surface area contributed by atoms with Crippen LogP contribution in [0.1, 0.15) is 5.56 Å². The van der Waals surface area contributed by atoms with Crippen LogP contribution in [-0.2, 0) is 15.8 Å². The molecule has 1 aromatic carbocycles. The molecule has 0 saturated carbocycles.